The number of nitrogens with one attached hydrogen (secondary N) is 2. The van der Waals surface area contributed by atoms with Crippen LogP contribution in [0.15, 0.2) is 42.6 Å². The summed E-state index contributed by atoms with van der Waals surface area (Å²) in [5.74, 6) is -1.28. The fourth-order valence-corrected chi connectivity index (χ4v) is 6.11. The number of fused-ring (bicyclic) bond motifs is 3. The van der Waals surface area contributed by atoms with Gasteiger partial charge in [-0.2, -0.15) is 0 Å². The molecule has 3 N–H and O–H groups in total. The smallest absolute Gasteiger partial charge is 0.408 e. The minimum atomic E-state index is -1.42. The van der Waals surface area contributed by atoms with Crippen molar-refractivity contribution < 1.29 is 38.5 Å². The lowest BCUT2D eigenvalue weighted by Gasteiger charge is -2.30. The third-order valence-electron chi connectivity index (χ3n) is 8.52. The molecule has 0 bridgehead atoms. The number of hydrogen-bond donors (Lipinski definition) is 3. The van der Waals surface area contributed by atoms with Gasteiger partial charge in [0.15, 0.2) is 0 Å². The number of rotatable bonds is 5. The van der Waals surface area contributed by atoms with E-state index in [0.29, 0.717) is 29.9 Å². The Morgan fingerprint density at radius 1 is 1.16 bits per heavy atom. The first-order valence-corrected chi connectivity index (χ1v) is 15.5. The highest BCUT2D eigenvalue weighted by Crippen LogP contribution is 2.45. The van der Waals surface area contributed by atoms with Gasteiger partial charge in [-0.3, -0.25) is 14.6 Å². The molecule has 2 aliphatic heterocycles. The van der Waals surface area contributed by atoms with Crippen LogP contribution in [0.2, 0.25) is 0 Å². The van der Waals surface area contributed by atoms with Crippen LogP contribution in [-0.4, -0.2) is 81.8 Å². The van der Waals surface area contributed by atoms with E-state index in [1.54, 1.807) is 52.3 Å². The van der Waals surface area contributed by atoms with Crippen molar-refractivity contribution in [1.82, 2.24) is 20.5 Å². The molecule has 5 atom stereocenters. The molecular weight excluding hydrogens is 580 g/mol. The number of ether oxygens (including phenoxy) is 3. The number of pyridine rings is 1. The Bertz CT molecular complexity index is 1490. The maximum Gasteiger partial charge on any atom is 0.408 e. The van der Waals surface area contributed by atoms with E-state index < -0.39 is 53.2 Å². The fourth-order valence-electron chi connectivity index (χ4n) is 6.11. The Hall–Kier alpha value is -4.35. The third kappa shape index (κ3) is 7.32. The second-order valence-corrected chi connectivity index (χ2v) is 13.0. The highest BCUT2D eigenvalue weighted by Gasteiger charge is 2.61. The van der Waals surface area contributed by atoms with Crippen LogP contribution in [0.5, 0.6) is 11.5 Å². The van der Waals surface area contributed by atoms with Gasteiger partial charge in [0.25, 0.3) is 0 Å². The van der Waals surface area contributed by atoms with Crippen LogP contribution in [0.3, 0.4) is 0 Å². The Balaban J connectivity index is 1.44. The zero-order valence-electron chi connectivity index (χ0n) is 26.2. The van der Waals surface area contributed by atoms with Crippen LogP contribution < -0.4 is 20.1 Å². The van der Waals surface area contributed by atoms with Crippen molar-refractivity contribution in [2.45, 2.75) is 95.0 Å². The van der Waals surface area contributed by atoms with E-state index in [1.807, 2.05) is 18.2 Å². The largest absolute Gasteiger partial charge is 0.497 e. The SMILES string of the molecule is COc1ccc2c(O[C@@H]3C[C@H]4C(=O)N[C@]5(C(=O)O)C[C@H]5/C=C\CCCCC[C@H](NC(=O)OC(C)(C)C)C(=O)N4C3)ccnc2c1. The van der Waals surface area contributed by atoms with Gasteiger partial charge in [0.2, 0.25) is 11.8 Å². The summed E-state index contributed by atoms with van der Waals surface area (Å²) in [4.78, 5) is 59.0. The Morgan fingerprint density at radius 2 is 1.96 bits per heavy atom. The van der Waals surface area contributed by atoms with Crippen LogP contribution in [-0.2, 0) is 19.1 Å². The molecule has 3 heterocycles. The van der Waals surface area contributed by atoms with Crippen molar-refractivity contribution in [2.75, 3.05) is 13.7 Å². The van der Waals surface area contributed by atoms with Gasteiger partial charge in [-0.15, -0.1) is 0 Å². The number of carboxylic acids is 1. The molecule has 0 spiro atoms. The number of nitrogens with zero attached hydrogens (tertiary/aromatic N) is 2. The predicted octanol–water partition coefficient (Wildman–Crippen LogP) is 3.96. The maximum atomic E-state index is 14.2. The number of aromatic nitrogens is 1. The summed E-state index contributed by atoms with van der Waals surface area (Å²) in [5, 5.41) is 16.3. The summed E-state index contributed by atoms with van der Waals surface area (Å²) in [6, 6.07) is 5.19. The van der Waals surface area contributed by atoms with Gasteiger partial charge in [-0.25, -0.2) is 9.59 Å². The van der Waals surface area contributed by atoms with Crippen molar-refractivity contribution >= 4 is 34.8 Å². The Kier molecular flexibility index (Phi) is 9.22. The first kappa shape index (κ1) is 32.1. The first-order valence-electron chi connectivity index (χ1n) is 15.5. The van der Waals surface area contributed by atoms with Gasteiger partial charge >= 0.3 is 12.1 Å². The second-order valence-electron chi connectivity index (χ2n) is 13.0. The molecule has 1 saturated heterocycles. The van der Waals surface area contributed by atoms with Crippen LogP contribution in [0.25, 0.3) is 10.9 Å². The summed E-state index contributed by atoms with van der Waals surface area (Å²) in [6.07, 6.45) is 7.97. The maximum absolute atomic E-state index is 14.2. The first-order chi connectivity index (χ1) is 21.4. The van der Waals surface area contributed by atoms with E-state index in [-0.39, 0.29) is 25.3 Å². The lowest BCUT2D eigenvalue weighted by molar-refractivity contribution is -0.145. The number of alkyl carbamates (subject to hydrolysis) is 1. The number of carboxylic acid groups (broad SMARTS) is 1. The number of methoxy groups -OCH3 is 1. The second kappa shape index (κ2) is 12.9. The quantitative estimate of drug-likeness (QED) is 0.420. The van der Waals surface area contributed by atoms with E-state index >= 15 is 0 Å². The Labute approximate surface area is 262 Å². The minimum absolute atomic E-state index is 0.0623. The van der Waals surface area contributed by atoms with Crippen molar-refractivity contribution in [3.8, 4) is 11.5 Å². The number of hydrogen-bond acceptors (Lipinski definition) is 8. The number of carbonyl (C=O) groups excluding carboxylic acids is 3. The number of benzene rings is 1. The fraction of sp³-hybridized carbons (Fsp3) is 0.545. The number of aliphatic carboxylic acids is 1. The van der Waals surface area contributed by atoms with Crippen molar-refractivity contribution in [2.24, 2.45) is 5.92 Å². The lowest BCUT2D eigenvalue weighted by atomic mass is 10.0. The van der Waals surface area contributed by atoms with Crippen molar-refractivity contribution in [3.05, 3.63) is 42.6 Å². The van der Waals surface area contributed by atoms with Gasteiger partial charge in [0.1, 0.15) is 40.8 Å². The van der Waals surface area contributed by atoms with Gasteiger partial charge in [-0.05, 0) is 64.7 Å². The van der Waals surface area contributed by atoms with E-state index in [2.05, 4.69) is 15.6 Å². The molecule has 1 aromatic carbocycles. The average molecular weight is 623 g/mol. The molecule has 12 nitrogen and oxygen atoms in total. The topological polar surface area (TPSA) is 156 Å². The van der Waals surface area contributed by atoms with Gasteiger partial charge in [0.05, 0.1) is 19.2 Å². The normalized spacial score (nSPS) is 28.0. The summed E-state index contributed by atoms with van der Waals surface area (Å²) in [6.45, 7) is 5.28. The molecule has 3 amide bonds. The van der Waals surface area contributed by atoms with Gasteiger partial charge < -0.3 is 34.9 Å². The number of amides is 3. The predicted molar refractivity (Wildman–Crippen MR) is 165 cm³/mol. The molecular formula is C33H42N4O8. The standard InChI is InChI=1S/C33H42N4O8/c1-32(2,3)45-31(42)35-24-11-9-7-5-6-8-10-20-18-33(20,30(40)41)36-28(38)26-17-22(19-37(26)29(24)39)44-27-14-15-34-25-16-21(43-4)12-13-23(25)27/h8,10,12-16,20,22,24,26H,5-7,9,11,17-19H2,1-4H3,(H,35,42)(H,36,38)(H,40,41)/b10-8-/t20-,22-,24+,26+,33-/m1/s1. The molecule has 242 valence electrons. The van der Waals surface area contributed by atoms with E-state index in [1.165, 1.54) is 4.90 Å². The monoisotopic (exact) mass is 622 g/mol. The molecule has 45 heavy (non-hydrogen) atoms. The lowest BCUT2D eigenvalue weighted by Crippen LogP contribution is -2.56. The highest BCUT2D eigenvalue weighted by atomic mass is 16.6. The minimum Gasteiger partial charge on any atom is -0.497 e. The van der Waals surface area contributed by atoms with Gasteiger partial charge in [0, 0.05) is 30.0 Å². The zero-order chi connectivity index (χ0) is 32.4. The third-order valence-corrected chi connectivity index (χ3v) is 8.52. The molecule has 3 aliphatic rings. The zero-order valence-corrected chi connectivity index (χ0v) is 26.2. The van der Waals surface area contributed by atoms with Crippen LogP contribution in [0.1, 0.15) is 65.7 Å². The molecule has 5 rings (SSSR count). The summed E-state index contributed by atoms with van der Waals surface area (Å²) in [7, 11) is 1.57. The van der Waals surface area contributed by atoms with Crippen molar-refractivity contribution in [1.29, 1.82) is 0 Å². The van der Waals surface area contributed by atoms with Crippen molar-refractivity contribution in [3.63, 3.8) is 0 Å². The molecule has 1 saturated carbocycles. The molecule has 2 fully saturated rings. The summed E-state index contributed by atoms with van der Waals surface area (Å²) >= 11 is 0. The van der Waals surface area contributed by atoms with E-state index in [0.717, 1.165) is 24.6 Å². The Morgan fingerprint density at radius 3 is 2.69 bits per heavy atom. The molecule has 12 heteroatoms. The molecule has 0 unspecified atom stereocenters. The molecule has 1 aliphatic carbocycles. The number of allylic oxidation sites excluding steroid dienone is 1. The van der Waals surface area contributed by atoms with E-state index in [9.17, 15) is 24.3 Å². The molecule has 2 aromatic rings. The van der Waals surface area contributed by atoms with Crippen LogP contribution in [0, 0.1) is 5.92 Å². The number of carbonyl (C=O) groups is 4. The van der Waals surface area contributed by atoms with Gasteiger partial charge in [-0.1, -0.05) is 25.0 Å². The summed E-state index contributed by atoms with van der Waals surface area (Å²) < 4.78 is 17.2. The summed E-state index contributed by atoms with van der Waals surface area (Å²) in [5.41, 5.74) is -1.53. The van der Waals surface area contributed by atoms with Crippen LogP contribution in [0.4, 0.5) is 4.79 Å². The average Bonchev–Trinajstić information content (AvgIpc) is 3.51. The van der Waals surface area contributed by atoms with E-state index in [4.69, 9.17) is 14.2 Å². The molecule has 1 aromatic heterocycles. The highest BCUT2D eigenvalue weighted by molar-refractivity contribution is 5.96. The molecule has 0 radical (unpaired) electrons. The van der Waals surface area contributed by atoms with Crippen LogP contribution >= 0.6 is 0 Å².